The largest absolute Gasteiger partial charge is 0.506 e. The van der Waals surface area contributed by atoms with Crippen molar-refractivity contribution in [3.8, 4) is 17.0 Å². The van der Waals surface area contributed by atoms with Crippen molar-refractivity contribution >= 4 is 28.1 Å². The van der Waals surface area contributed by atoms with Gasteiger partial charge in [-0.2, -0.15) is 13.2 Å². The fourth-order valence-corrected chi connectivity index (χ4v) is 5.65. The first-order valence-corrected chi connectivity index (χ1v) is 13.2. The Bertz CT molecular complexity index is 1780. The van der Waals surface area contributed by atoms with Crippen molar-refractivity contribution < 1.29 is 18.3 Å². The molecule has 3 aromatic carbocycles. The minimum absolute atomic E-state index is 0.0844. The third kappa shape index (κ3) is 4.08. The Labute approximate surface area is 230 Å². The highest BCUT2D eigenvalue weighted by Gasteiger charge is 2.38. The normalized spacial score (nSPS) is 14.3. The summed E-state index contributed by atoms with van der Waals surface area (Å²) < 4.78 is 40.9. The van der Waals surface area contributed by atoms with Crippen LogP contribution in [-0.2, 0) is 11.6 Å². The maximum Gasteiger partial charge on any atom is 0.417 e. The van der Waals surface area contributed by atoms with Crippen molar-refractivity contribution in [3.05, 3.63) is 107 Å². The Morgan fingerprint density at radius 3 is 2.35 bits per heavy atom. The van der Waals surface area contributed by atoms with Crippen LogP contribution in [0.25, 0.3) is 22.2 Å². The van der Waals surface area contributed by atoms with Crippen molar-refractivity contribution in [3.63, 3.8) is 0 Å². The fraction of sp³-hybridized carbons (Fsp3) is 0.212. The van der Waals surface area contributed by atoms with Gasteiger partial charge in [-0.25, -0.2) is 9.97 Å². The minimum atomic E-state index is -4.56. The Hall–Kier alpha value is -4.39. The summed E-state index contributed by atoms with van der Waals surface area (Å²) in [7, 11) is 0. The van der Waals surface area contributed by atoms with Gasteiger partial charge >= 0.3 is 6.18 Å². The number of phenolic OH excluding ortho intramolecular Hbond substituents is 1. The molecule has 0 fully saturated rings. The predicted octanol–water partition coefficient (Wildman–Crippen LogP) is 9.25. The van der Waals surface area contributed by atoms with Gasteiger partial charge in [0.25, 0.3) is 0 Å². The van der Waals surface area contributed by atoms with Gasteiger partial charge in [-0.1, -0.05) is 58.0 Å². The monoisotopic (exact) mass is 539 g/mol. The molecule has 0 amide bonds. The average molecular weight is 540 g/mol. The number of pyridine rings is 2. The Morgan fingerprint density at radius 2 is 1.60 bits per heavy atom. The van der Waals surface area contributed by atoms with E-state index < -0.39 is 11.7 Å². The zero-order valence-corrected chi connectivity index (χ0v) is 22.6. The molecule has 2 aromatic heterocycles. The number of fused-ring (bicyclic) bond motifs is 3. The van der Waals surface area contributed by atoms with Crippen molar-refractivity contribution in [2.24, 2.45) is 0 Å². The van der Waals surface area contributed by atoms with Crippen LogP contribution in [0.15, 0.2) is 85.1 Å². The average Bonchev–Trinajstić information content (AvgIpc) is 2.92. The second kappa shape index (κ2) is 9.08. The summed E-state index contributed by atoms with van der Waals surface area (Å²) in [6, 6.07) is 23.3. The van der Waals surface area contributed by atoms with Crippen LogP contribution < -0.4 is 4.90 Å². The lowest BCUT2D eigenvalue weighted by Crippen LogP contribution is -2.31. The molecule has 202 valence electrons. The van der Waals surface area contributed by atoms with Gasteiger partial charge in [0.05, 0.1) is 22.6 Å². The van der Waals surface area contributed by atoms with Gasteiger partial charge in [-0.05, 0) is 71.1 Å². The summed E-state index contributed by atoms with van der Waals surface area (Å²) >= 11 is 0. The van der Waals surface area contributed by atoms with Gasteiger partial charge in [0.2, 0.25) is 0 Å². The topological polar surface area (TPSA) is 49.2 Å². The summed E-state index contributed by atoms with van der Waals surface area (Å²) in [5.74, 6) is 0.806. The fourth-order valence-electron chi connectivity index (χ4n) is 5.65. The van der Waals surface area contributed by atoms with Gasteiger partial charge < -0.3 is 5.11 Å². The molecule has 3 heterocycles. The Balaban J connectivity index is 1.57. The number of rotatable bonds is 3. The number of aromatic nitrogens is 2. The highest BCUT2D eigenvalue weighted by molar-refractivity contribution is 5.91. The van der Waals surface area contributed by atoms with Crippen LogP contribution in [-0.4, -0.2) is 15.1 Å². The van der Waals surface area contributed by atoms with E-state index in [-0.39, 0.29) is 22.1 Å². The van der Waals surface area contributed by atoms with E-state index in [1.54, 1.807) is 6.07 Å². The molecule has 0 unspecified atom stereocenters. The number of nitrogens with zero attached hydrogens (tertiary/aromatic N) is 3. The van der Waals surface area contributed by atoms with Crippen LogP contribution in [0.2, 0.25) is 0 Å². The van der Waals surface area contributed by atoms with Crippen molar-refractivity contribution in [2.45, 2.75) is 45.2 Å². The zero-order valence-electron chi connectivity index (χ0n) is 22.6. The number of anilines is 3. The van der Waals surface area contributed by atoms with E-state index in [1.165, 1.54) is 11.6 Å². The van der Waals surface area contributed by atoms with Crippen LogP contribution >= 0.6 is 0 Å². The number of phenols is 1. The van der Waals surface area contributed by atoms with E-state index in [9.17, 15) is 18.3 Å². The highest BCUT2D eigenvalue weighted by atomic mass is 19.4. The van der Waals surface area contributed by atoms with Gasteiger partial charge in [0.1, 0.15) is 17.1 Å². The molecule has 40 heavy (non-hydrogen) atoms. The summed E-state index contributed by atoms with van der Waals surface area (Å²) in [6.45, 7) is 8.65. The molecule has 0 saturated carbocycles. The summed E-state index contributed by atoms with van der Waals surface area (Å²) in [5, 5.41) is 10.3. The van der Waals surface area contributed by atoms with Crippen LogP contribution in [0.4, 0.5) is 30.4 Å². The molecule has 0 saturated heterocycles. The van der Waals surface area contributed by atoms with Gasteiger partial charge in [-0.15, -0.1) is 0 Å². The smallest absolute Gasteiger partial charge is 0.417 e. The quantitative estimate of drug-likeness (QED) is 0.248. The zero-order chi connectivity index (χ0) is 28.4. The van der Waals surface area contributed by atoms with Gasteiger partial charge in [0, 0.05) is 22.6 Å². The van der Waals surface area contributed by atoms with Gasteiger partial charge in [-0.3, -0.25) is 4.90 Å². The molecular weight excluding hydrogens is 511 g/mol. The van der Waals surface area contributed by atoms with Gasteiger partial charge in [0.15, 0.2) is 0 Å². The van der Waals surface area contributed by atoms with Crippen molar-refractivity contribution in [2.75, 3.05) is 4.90 Å². The minimum Gasteiger partial charge on any atom is -0.506 e. The van der Waals surface area contributed by atoms with Crippen LogP contribution in [0.1, 0.15) is 55.9 Å². The number of hydrogen-bond donors (Lipinski definition) is 1. The molecular formula is C33H28F3N3O. The Morgan fingerprint density at radius 1 is 0.850 bits per heavy atom. The number of hydrogen-bond acceptors (Lipinski definition) is 4. The lowest BCUT2D eigenvalue weighted by molar-refractivity contribution is -0.136. The second-order valence-corrected chi connectivity index (χ2v) is 11.0. The molecule has 6 rings (SSSR count). The summed E-state index contributed by atoms with van der Waals surface area (Å²) in [6.07, 6.45) is -2.74. The third-order valence-corrected chi connectivity index (χ3v) is 7.83. The predicted molar refractivity (Wildman–Crippen MR) is 153 cm³/mol. The molecule has 1 aliphatic heterocycles. The van der Waals surface area contributed by atoms with Crippen molar-refractivity contribution in [1.82, 2.24) is 9.97 Å². The van der Waals surface area contributed by atoms with Crippen molar-refractivity contribution in [1.29, 1.82) is 0 Å². The third-order valence-electron chi connectivity index (χ3n) is 7.83. The Kier molecular flexibility index (Phi) is 5.87. The number of alkyl halides is 3. The maximum atomic E-state index is 13.6. The first-order chi connectivity index (χ1) is 19.0. The molecule has 1 aliphatic rings. The van der Waals surface area contributed by atoms with E-state index in [0.717, 1.165) is 46.0 Å². The van der Waals surface area contributed by atoms with Crippen LogP contribution in [0.3, 0.4) is 0 Å². The molecule has 1 N–H and O–H groups in total. The van der Waals surface area contributed by atoms with E-state index >= 15 is 0 Å². The molecule has 4 nitrogen and oxygen atoms in total. The number of benzene rings is 3. The van der Waals surface area contributed by atoms with Crippen LogP contribution in [0.5, 0.6) is 5.75 Å². The first-order valence-electron chi connectivity index (χ1n) is 13.2. The lowest BCUT2D eigenvalue weighted by Gasteiger charge is -2.41. The molecule has 0 spiro atoms. The molecule has 0 radical (unpaired) electrons. The maximum absolute atomic E-state index is 13.6. The van der Waals surface area contributed by atoms with Crippen LogP contribution in [0, 0.1) is 0 Å². The van der Waals surface area contributed by atoms with E-state index in [2.05, 4.69) is 61.8 Å². The highest BCUT2D eigenvalue weighted by Crippen LogP contribution is 2.52. The summed E-state index contributed by atoms with van der Waals surface area (Å²) in [5.41, 5.74) is 5.32. The van der Waals surface area contributed by atoms with E-state index in [4.69, 9.17) is 4.98 Å². The second-order valence-electron chi connectivity index (χ2n) is 11.0. The number of aromatic hydroxyl groups is 1. The molecule has 7 heteroatoms. The SMILES string of the molecule is CC(C)c1ccnc(N2c3ccccc3C(C)(C)c3ccc(-c4ccc5c(C(F)(F)F)ccc(O)c5n4)cc32)c1. The standard InChI is InChI=1S/C33H28F3N3O/c1-19(2)20-15-16-37-30(18-20)39-27-8-6-5-7-24(27)32(3,4)25-11-9-21(17-28(25)39)26-13-10-22-23(33(34,35)36)12-14-29(40)31(22)38-26/h5-19,40H,1-4H3. The molecule has 0 bridgehead atoms. The molecule has 0 atom stereocenters. The first kappa shape index (κ1) is 25.9. The molecule has 0 aliphatic carbocycles. The lowest BCUT2D eigenvalue weighted by atomic mass is 9.73. The summed E-state index contributed by atoms with van der Waals surface area (Å²) in [4.78, 5) is 11.4. The molecule has 5 aromatic rings. The number of para-hydroxylation sites is 1. The van der Waals surface area contributed by atoms with E-state index in [0.29, 0.717) is 11.6 Å². The van der Waals surface area contributed by atoms with E-state index in [1.807, 2.05) is 36.5 Å². The number of halogens is 3.